The van der Waals surface area contributed by atoms with E-state index >= 15 is 8.78 Å². The molecule has 0 spiro atoms. The van der Waals surface area contributed by atoms with Gasteiger partial charge in [-0.3, -0.25) is 14.2 Å². The van der Waals surface area contributed by atoms with Crippen molar-refractivity contribution < 1.29 is 46.5 Å². The molecule has 0 aliphatic heterocycles. The number of carbonyl (C=O) groups is 3. The minimum absolute atomic E-state index is 0.103. The third-order valence-corrected chi connectivity index (χ3v) is 6.24. The molecule has 228 valence electrons. The van der Waals surface area contributed by atoms with Gasteiger partial charge in [-0.2, -0.15) is 0 Å². The number of carbonyl (C=O) groups excluding carboxylic acids is 2. The summed E-state index contributed by atoms with van der Waals surface area (Å²) in [6.45, 7) is -0.516. The van der Waals surface area contributed by atoms with Gasteiger partial charge in [0.15, 0.2) is 17.4 Å². The average molecular weight is 614 g/mol. The van der Waals surface area contributed by atoms with Crippen LogP contribution in [0.4, 0.5) is 28.2 Å². The molecule has 1 unspecified atom stereocenters. The van der Waals surface area contributed by atoms with Crippen molar-refractivity contribution in [3.05, 3.63) is 123 Å². The van der Waals surface area contributed by atoms with Gasteiger partial charge in [-0.25, -0.2) is 27.2 Å². The summed E-state index contributed by atoms with van der Waals surface area (Å²) in [7, 11) is 0. The van der Waals surface area contributed by atoms with Crippen LogP contribution in [-0.2, 0) is 16.1 Å². The zero-order valence-electron chi connectivity index (χ0n) is 22.6. The first kappa shape index (κ1) is 31.3. The molecule has 0 radical (unpaired) electrons. The van der Waals surface area contributed by atoms with Crippen molar-refractivity contribution >= 4 is 23.7 Å². The molecule has 0 bridgehead atoms. The van der Waals surface area contributed by atoms with Crippen molar-refractivity contribution in [3.8, 4) is 11.4 Å². The number of nitrogens with two attached hydrogens (primary N) is 1. The van der Waals surface area contributed by atoms with E-state index in [4.69, 9.17) is 15.2 Å². The molecule has 0 aliphatic rings. The lowest BCUT2D eigenvalue weighted by Gasteiger charge is -2.17. The van der Waals surface area contributed by atoms with Crippen LogP contribution in [-0.4, -0.2) is 40.2 Å². The van der Waals surface area contributed by atoms with Crippen LogP contribution in [0.2, 0.25) is 0 Å². The largest absolute Gasteiger partial charge is 0.493 e. The van der Waals surface area contributed by atoms with Gasteiger partial charge in [0.2, 0.25) is 0 Å². The number of ketones is 1. The van der Waals surface area contributed by atoms with Crippen LogP contribution in [0.15, 0.2) is 77.6 Å². The number of pyridine rings is 1. The lowest BCUT2D eigenvalue weighted by atomic mass is 10.0. The van der Waals surface area contributed by atoms with E-state index in [1.807, 2.05) is 0 Å². The number of aliphatic carboxylic acids is 1. The van der Waals surface area contributed by atoms with Crippen LogP contribution < -0.4 is 21.3 Å². The van der Waals surface area contributed by atoms with Crippen LogP contribution in [0.1, 0.15) is 27.9 Å². The number of amides is 1. The molecule has 4 aromatic rings. The van der Waals surface area contributed by atoms with Crippen LogP contribution in [0.25, 0.3) is 5.69 Å². The van der Waals surface area contributed by atoms with E-state index in [0.717, 1.165) is 24.3 Å². The van der Waals surface area contributed by atoms with E-state index in [1.54, 1.807) is 30.3 Å². The molecule has 0 aliphatic carbocycles. The zero-order chi connectivity index (χ0) is 32.0. The molecule has 0 saturated carbocycles. The highest BCUT2D eigenvalue weighted by Gasteiger charge is 2.24. The summed E-state index contributed by atoms with van der Waals surface area (Å²) < 4.78 is 68.4. The Kier molecular flexibility index (Phi) is 9.63. The zero-order valence-corrected chi connectivity index (χ0v) is 22.6. The van der Waals surface area contributed by atoms with Gasteiger partial charge in [-0.15, -0.1) is 0 Å². The van der Waals surface area contributed by atoms with Gasteiger partial charge in [0.25, 0.3) is 5.56 Å². The summed E-state index contributed by atoms with van der Waals surface area (Å²) >= 11 is 0. The number of halogens is 4. The molecule has 0 saturated heterocycles. The number of hydrogen-bond acceptors (Lipinski definition) is 7. The summed E-state index contributed by atoms with van der Waals surface area (Å²) in [4.78, 5) is 49.0. The minimum Gasteiger partial charge on any atom is -0.493 e. The maximum absolute atomic E-state index is 15.1. The van der Waals surface area contributed by atoms with Gasteiger partial charge in [0.1, 0.15) is 41.5 Å². The first-order chi connectivity index (χ1) is 21.0. The number of rotatable bonds is 11. The van der Waals surface area contributed by atoms with E-state index in [-0.39, 0.29) is 13.0 Å². The first-order valence-corrected chi connectivity index (χ1v) is 12.8. The summed E-state index contributed by atoms with van der Waals surface area (Å²) in [6, 6.07) is 12.4. The Morgan fingerprint density at radius 1 is 0.886 bits per heavy atom. The number of aromatic nitrogens is 1. The molecule has 1 amide bonds. The molecule has 1 heterocycles. The number of alkyl carbamates (subject to hydrolysis) is 1. The van der Waals surface area contributed by atoms with E-state index in [9.17, 15) is 33.1 Å². The minimum atomic E-state index is -1.46. The second kappa shape index (κ2) is 13.5. The molecular weight excluding hydrogens is 590 g/mol. The smallest absolute Gasteiger partial charge is 0.408 e. The maximum atomic E-state index is 15.1. The Morgan fingerprint density at radius 3 is 2.18 bits per heavy atom. The molecule has 14 heteroatoms. The lowest BCUT2D eigenvalue weighted by Crippen LogP contribution is -2.42. The summed E-state index contributed by atoms with van der Waals surface area (Å²) in [6.07, 6.45) is -1.33. The van der Waals surface area contributed by atoms with Gasteiger partial charge in [0, 0.05) is 30.7 Å². The number of carboxylic acids is 1. The SMILES string of the molecule is Nc1c(C(=O)c2ccc(F)cc2F)ccc(=O)n1-c1c(F)cc(OCCC(NC(=O)OCc2ccccc2)C(=O)O)cc1F. The number of carboxylic acid groups (broad SMARTS) is 1. The number of benzene rings is 3. The topological polar surface area (TPSA) is 150 Å². The van der Waals surface area contributed by atoms with Crippen molar-refractivity contribution in [2.45, 2.75) is 19.1 Å². The van der Waals surface area contributed by atoms with Gasteiger partial charge < -0.3 is 25.6 Å². The number of nitrogen functional groups attached to an aromatic ring is 1. The number of nitrogens with zero attached hydrogens (tertiary/aromatic N) is 1. The number of hydrogen-bond donors (Lipinski definition) is 3. The number of anilines is 1. The first-order valence-electron chi connectivity index (χ1n) is 12.8. The Hall–Kier alpha value is -5.66. The van der Waals surface area contributed by atoms with E-state index < -0.39 is 87.7 Å². The van der Waals surface area contributed by atoms with Crippen molar-refractivity contribution in [2.24, 2.45) is 0 Å². The summed E-state index contributed by atoms with van der Waals surface area (Å²) in [5.74, 6) is -8.44. The molecule has 3 aromatic carbocycles. The van der Waals surface area contributed by atoms with Crippen LogP contribution >= 0.6 is 0 Å². The van der Waals surface area contributed by atoms with Gasteiger partial charge in [0.05, 0.1) is 17.7 Å². The molecule has 4 N–H and O–H groups in total. The van der Waals surface area contributed by atoms with E-state index in [2.05, 4.69) is 5.32 Å². The highest BCUT2D eigenvalue weighted by atomic mass is 19.1. The van der Waals surface area contributed by atoms with Crippen LogP contribution in [0, 0.1) is 23.3 Å². The third kappa shape index (κ3) is 7.21. The summed E-state index contributed by atoms with van der Waals surface area (Å²) in [5.41, 5.74) is 3.53. The highest BCUT2D eigenvalue weighted by Crippen LogP contribution is 2.27. The molecule has 1 aromatic heterocycles. The van der Waals surface area contributed by atoms with Crippen molar-refractivity contribution in [1.29, 1.82) is 0 Å². The Balaban J connectivity index is 1.47. The molecule has 4 rings (SSSR count). The average Bonchev–Trinajstić information content (AvgIpc) is 2.97. The molecule has 44 heavy (non-hydrogen) atoms. The molecular formula is C30H23F4N3O7. The fourth-order valence-corrected chi connectivity index (χ4v) is 4.09. The fourth-order valence-electron chi connectivity index (χ4n) is 4.09. The summed E-state index contributed by atoms with van der Waals surface area (Å²) in [5, 5.41) is 11.6. The quantitative estimate of drug-likeness (QED) is 0.167. The Bertz CT molecular complexity index is 1760. The van der Waals surface area contributed by atoms with Gasteiger partial charge in [-0.1, -0.05) is 30.3 Å². The number of nitrogens with one attached hydrogen (secondary N) is 1. The predicted molar refractivity (Wildman–Crippen MR) is 147 cm³/mol. The number of ether oxygens (including phenoxy) is 2. The molecule has 1 atom stereocenters. The molecule has 10 nitrogen and oxygen atoms in total. The van der Waals surface area contributed by atoms with E-state index in [0.29, 0.717) is 28.3 Å². The monoisotopic (exact) mass is 613 g/mol. The molecule has 0 fully saturated rings. The highest BCUT2D eigenvalue weighted by molar-refractivity contribution is 6.11. The van der Waals surface area contributed by atoms with Crippen molar-refractivity contribution in [2.75, 3.05) is 12.3 Å². The second-order valence-electron chi connectivity index (χ2n) is 9.23. The Morgan fingerprint density at radius 2 is 1.55 bits per heavy atom. The van der Waals surface area contributed by atoms with Crippen LogP contribution in [0.3, 0.4) is 0 Å². The predicted octanol–water partition coefficient (Wildman–Crippen LogP) is 4.36. The maximum Gasteiger partial charge on any atom is 0.408 e. The fraction of sp³-hybridized carbons (Fsp3) is 0.133. The Labute approximate surface area is 246 Å². The standard InChI is InChI=1S/C30H23F4N3O7/c31-17-6-7-19(21(32)12-17)27(39)20-8-9-25(38)37(28(20)35)26-22(33)13-18(14-23(26)34)43-11-10-24(29(40)41)36-30(42)44-15-16-4-2-1-3-5-16/h1-9,12-14,24H,10-11,15,35H2,(H,36,42)(H,40,41). The third-order valence-electron chi connectivity index (χ3n) is 6.24. The lowest BCUT2D eigenvalue weighted by molar-refractivity contribution is -0.139. The van der Waals surface area contributed by atoms with E-state index in [1.165, 1.54) is 0 Å². The normalized spacial score (nSPS) is 11.5. The van der Waals surface area contributed by atoms with Gasteiger partial charge >= 0.3 is 12.1 Å². The van der Waals surface area contributed by atoms with Crippen molar-refractivity contribution in [3.63, 3.8) is 0 Å². The van der Waals surface area contributed by atoms with Crippen molar-refractivity contribution in [1.82, 2.24) is 9.88 Å². The van der Waals surface area contributed by atoms with Crippen LogP contribution in [0.5, 0.6) is 5.75 Å². The van der Waals surface area contributed by atoms with Gasteiger partial charge in [-0.05, 0) is 23.8 Å². The second-order valence-corrected chi connectivity index (χ2v) is 9.23.